The molecule has 0 aromatic heterocycles. The molecule has 1 amide bonds. The molecule has 1 aromatic rings. The summed E-state index contributed by atoms with van der Waals surface area (Å²) in [6.45, 7) is 14.8. The normalized spacial score (nSPS) is 12.1. The Balaban J connectivity index is 3.15. The molecular weight excluding hydrogens is 266 g/mol. The number of thioether (sulfide) groups is 1. The molecule has 0 saturated carbocycles. The van der Waals surface area contributed by atoms with E-state index in [0.29, 0.717) is 0 Å². The largest absolute Gasteiger partial charge is 0.334 e. The summed E-state index contributed by atoms with van der Waals surface area (Å²) in [6, 6.07) is 8.33. The molecule has 0 spiro atoms. The van der Waals surface area contributed by atoms with Crippen LogP contribution in [-0.2, 0) is 0 Å². The van der Waals surface area contributed by atoms with Crippen LogP contribution in [0.5, 0.6) is 0 Å². The van der Waals surface area contributed by atoms with Gasteiger partial charge in [-0.25, -0.2) is 0 Å². The van der Waals surface area contributed by atoms with Gasteiger partial charge in [0.2, 0.25) is 0 Å². The number of hydrogen-bond acceptors (Lipinski definition) is 2. The topological polar surface area (TPSA) is 20.3 Å². The van der Waals surface area contributed by atoms with E-state index in [4.69, 9.17) is 0 Å². The van der Waals surface area contributed by atoms with Crippen molar-refractivity contribution in [1.82, 2.24) is 4.90 Å². The van der Waals surface area contributed by atoms with E-state index < -0.39 is 0 Å². The van der Waals surface area contributed by atoms with Gasteiger partial charge in [-0.2, -0.15) is 0 Å². The molecule has 1 aromatic carbocycles. The van der Waals surface area contributed by atoms with E-state index >= 15 is 0 Å². The van der Waals surface area contributed by atoms with Crippen molar-refractivity contribution < 1.29 is 4.79 Å². The maximum Gasteiger partial charge on any atom is 0.255 e. The van der Waals surface area contributed by atoms with Gasteiger partial charge < -0.3 is 4.90 Å². The van der Waals surface area contributed by atoms with Gasteiger partial charge in [-0.1, -0.05) is 32.9 Å². The molecule has 20 heavy (non-hydrogen) atoms. The number of rotatable bonds is 4. The molecular formula is C17H27NOS. The second kappa shape index (κ2) is 6.66. The predicted octanol–water partition coefficient (Wildman–Crippen LogP) is 4.84. The first kappa shape index (κ1) is 17.1. The van der Waals surface area contributed by atoms with Gasteiger partial charge in [0.15, 0.2) is 0 Å². The van der Waals surface area contributed by atoms with Crippen molar-refractivity contribution >= 4 is 17.7 Å². The second-order valence-corrected chi connectivity index (χ2v) is 8.48. The Morgan fingerprint density at radius 2 is 1.55 bits per heavy atom. The number of nitrogens with zero attached hydrogens (tertiary/aromatic N) is 1. The van der Waals surface area contributed by atoms with Crippen LogP contribution in [0.3, 0.4) is 0 Å². The van der Waals surface area contributed by atoms with Gasteiger partial charge >= 0.3 is 0 Å². The third-order valence-corrected chi connectivity index (χ3v) is 4.07. The van der Waals surface area contributed by atoms with Gasteiger partial charge in [0, 0.05) is 21.7 Å². The number of amides is 1. The molecule has 1 rings (SSSR count). The highest BCUT2D eigenvalue weighted by Gasteiger charge is 2.25. The van der Waals surface area contributed by atoms with E-state index in [2.05, 4.69) is 48.5 Å². The van der Waals surface area contributed by atoms with Gasteiger partial charge in [0.1, 0.15) is 0 Å². The SMILES string of the molecule is CC(C)N(C(=O)c1ccccc1SC(C)(C)C)C(C)C. The Bertz CT molecular complexity index is 452. The van der Waals surface area contributed by atoms with Gasteiger partial charge in [-0.05, 0) is 39.8 Å². The van der Waals surface area contributed by atoms with E-state index in [-0.39, 0.29) is 22.7 Å². The van der Waals surface area contributed by atoms with Gasteiger partial charge in [-0.15, -0.1) is 11.8 Å². The zero-order valence-electron chi connectivity index (χ0n) is 13.7. The van der Waals surface area contributed by atoms with Gasteiger partial charge in [0.05, 0.1) is 5.56 Å². The fourth-order valence-electron chi connectivity index (χ4n) is 2.27. The summed E-state index contributed by atoms with van der Waals surface area (Å²) < 4.78 is 0.0941. The Hall–Kier alpha value is -0.960. The maximum atomic E-state index is 12.8. The van der Waals surface area contributed by atoms with E-state index in [0.717, 1.165) is 10.5 Å². The lowest BCUT2D eigenvalue weighted by molar-refractivity contribution is 0.0640. The van der Waals surface area contributed by atoms with Crippen LogP contribution >= 0.6 is 11.8 Å². The minimum absolute atomic E-state index is 0.0941. The van der Waals surface area contributed by atoms with Crippen LogP contribution in [0, 0.1) is 0 Å². The lowest BCUT2D eigenvalue weighted by atomic mass is 10.1. The first-order valence-electron chi connectivity index (χ1n) is 7.24. The summed E-state index contributed by atoms with van der Waals surface area (Å²) in [5.41, 5.74) is 0.815. The van der Waals surface area contributed by atoms with Crippen molar-refractivity contribution in [2.24, 2.45) is 0 Å². The first-order valence-corrected chi connectivity index (χ1v) is 8.06. The average Bonchev–Trinajstić information content (AvgIpc) is 2.26. The highest BCUT2D eigenvalue weighted by Crippen LogP contribution is 2.34. The van der Waals surface area contributed by atoms with Crippen molar-refractivity contribution in [2.75, 3.05) is 0 Å². The molecule has 0 aliphatic heterocycles. The Kier molecular flexibility index (Phi) is 5.69. The third kappa shape index (κ3) is 4.55. The molecule has 0 unspecified atom stereocenters. The molecule has 0 N–H and O–H groups in total. The van der Waals surface area contributed by atoms with Crippen LogP contribution in [0.2, 0.25) is 0 Å². The molecule has 3 heteroatoms. The second-order valence-electron chi connectivity index (χ2n) is 6.61. The highest BCUT2D eigenvalue weighted by molar-refractivity contribution is 8.00. The molecule has 2 nitrogen and oxygen atoms in total. The van der Waals surface area contributed by atoms with Crippen LogP contribution in [0.25, 0.3) is 0 Å². The van der Waals surface area contributed by atoms with Gasteiger partial charge in [-0.3, -0.25) is 4.79 Å². The van der Waals surface area contributed by atoms with Crippen molar-refractivity contribution in [1.29, 1.82) is 0 Å². The van der Waals surface area contributed by atoms with E-state index in [1.807, 2.05) is 29.2 Å². The molecule has 0 bridgehead atoms. The highest BCUT2D eigenvalue weighted by atomic mass is 32.2. The Labute approximate surface area is 127 Å². The van der Waals surface area contributed by atoms with Crippen molar-refractivity contribution in [2.45, 2.75) is 70.2 Å². The molecule has 0 aliphatic carbocycles. The van der Waals surface area contributed by atoms with Crippen LogP contribution in [-0.4, -0.2) is 27.6 Å². The Morgan fingerprint density at radius 1 is 1.05 bits per heavy atom. The Morgan fingerprint density at radius 3 is 2.00 bits per heavy atom. The van der Waals surface area contributed by atoms with Crippen molar-refractivity contribution in [3.63, 3.8) is 0 Å². The monoisotopic (exact) mass is 293 g/mol. The molecule has 112 valence electrons. The van der Waals surface area contributed by atoms with E-state index in [1.165, 1.54) is 0 Å². The summed E-state index contributed by atoms with van der Waals surface area (Å²) in [7, 11) is 0. The lowest BCUT2D eigenvalue weighted by Gasteiger charge is -2.32. The summed E-state index contributed by atoms with van der Waals surface area (Å²) in [6.07, 6.45) is 0. The third-order valence-electron chi connectivity index (χ3n) is 2.88. The number of carbonyl (C=O) groups excluding carboxylic acids is 1. The molecule has 0 saturated heterocycles. The first-order chi connectivity index (χ1) is 9.13. The van der Waals surface area contributed by atoms with Crippen LogP contribution < -0.4 is 0 Å². The average molecular weight is 293 g/mol. The lowest BCUT2D eigenvalue weighted by Crippen LogP contribution is -2.42. The van der Waals surface area contributed by atoms with Crippen LogP contribution in [0.15, 0.2) is 29.2 Å². The number of benzene rings is 1. The van der Waals surface area contributed by atoms with Crippen molar-refractivity contribution in [3.05, 3.63) is 29.8 Å². The number of hydrogen-bond donors (Lipinski definition) is 0. The smallest absolute Gasteiger partial charge is 0.255 e. The molecule has 0 fully saturated rings. The summed E-state index contributed by atoms with van der Waals surface area (Å²) in [5.74, 6) is 0.127. The predicted molar refractivity (Wildman–Crippen MR) is 88.5 cm³/mol. The summed E-state index contributed by atoms with van der Waals surface area (Å²) in [5, 5.41) is 0. The van der Waals surface area contributed by atoms with Gasteiger partial charge in [0.25, 0.3) is 5.91 Å². The van der Waals surface area contributed by atoms with E-state index in [9.17, 15) is 4.79 Å². The zero-order valence-corrected chi connectivity index (χ0v) is 14.5. The van der Waals surface area contributed by atoms with Crippen molar-refractivity contribution in [3.8, 4) is 0 Å². The minimum Gasteiger partial charge on any atom is -0.334 e. The standard InChI is InChI=1S/C17H27NOS/c1-12(2)18(13(3)4)16(19)14-10-8-9-11-15(14)20-17(5,6)7/h8-13H,1-7H3. The summed E-state index contributed by atoms with van der Waals surface area (Å²) in [4.78, 5) is 15.9. The van der Waals surface area contributed by atoms with Crippen LogP contribution in [0.1, 0.15) is 58.8 Å². The quantitative estimate of drug-likeness (QED) is 0.741. The maximum absolute atomic E-state index is 12.8. The fourth-order valence-corrected chi connectivity index (χ4v) is 3.34. The molecule has 0 aliphatic rings. The summed E-state index contributed by atoms with van der Waals surface area (Å²) >= 11 is 1.75. The van der Waals surface area contributed by atoms with E-state index in [1.54, 1.807) is 11.8 Å². The number of carbonyl (C=O) groups is 1. The fraction of sp³-hybridized carbons (Fsp3) is 0.588. The molecule has 0 atom stereocenters. The molecule has 0 heterocycles. The zero-order chi connectivity index (χ0) is 15.5. The molecule has 0 radical (unpaired) electrons. The minimum atomic E-state index is 0.0941. The van der Waals surface area contributed by atoms with Crippen LogP contribution in [0.4, 0.5) is 0 Å².